The van der Waals surface area contributed by atoms with Crippen molar-refractivity contribution >= 4 is 15.9 Å². The lowest BCUT2D eigenvalue weighted by molar-refractivity contribution is -0.156. The molecule has 3 nitrogen and oxygen atoms in total. The lowest BCUT2D eigenvalue weighted by Gasteiger charge is -2.17. The summed E-state index contributed by atoms with van der Waals surface area (Å²) < 4.78 is 9.50. The van der Waals surface area contributed by atoms with Crippen molar-refractivity contribution in [3.63, 3.8) is 0 Å². The van der Waals surface area contributed by atoms with Gasteiger partial charge in [-0.1, -0.05) is 15.9 Å². The number of alkyl halides is 1. The van der Waals surface area contributed by atoms with Crippen molar-refractivity contribution < 1.29 is 14.6 Å². The monoisotopic (exact) mass is 198 g/mol. The van der Waals surface area contributed by atoms with Crippen LogP contribution in [0.15, 0.2) is 0 Å². The fraction of sp³-hybridized carbons (Fsp3) is 1.00. The number of ether oxygens (including phenoxy) is 2. The molecule has 0 aromatic rings. The van der Waals surface area contributed by atoms with Crippen LogP contribution in [0, 0.1) is 0 Å². The Morgan fingerprint density at radius 3 is 2.00 bits per heavy atom. The van der Waals surface area contributed by atoms with Crippen LogP contribution in [0.1, 0.15) is 0 Å². The molecule has 0 spiro atoms. The first kappa shape index (κ1) is 9.36. The third-order valence-electron chi connectivity index (χ3n) is 0.937. The summed E-state index contributed by atoms with van der Waals surface area (Å²) in [6.07, 6.45) is -1.12. The van der Waals surface area contributed by atoms with E-state index in [9.17, 15) is 0 Å². The predicted octanol–water partition coefficient (Wildman–Crippen LogP) is 0.361. The highest BCUT2D eigenvalue weighted by Crippen LogP contribution is 2.01. The highest BCUT2D eigenvalue weighted by molar-refractivity contribution is 9.09. The van der Waals surface area contributed by atoms with Crippen molar-refractivity contribution in [2.45, 2.75) is 12.4 Å². The zero-order valence-corrected chi connectivity index (χ0v) is 7.09. The highest BCUT2D eigenvalue weighted by Gasteiger charge is 2.15. The van der Waals surface area contributed by atoms with Crippen LogP contribution < -0.4 is 0 Å². The number of aliphatic hydroxyl groups excluding tert-OH is 1. The second-order valence-electron chi connectivity index (χ2n) is 1.56. The molecule has 0 aromatic carbocycles. The average molecular weight is 199 g/mol. The van der Waals surface area contributed by atoms with E-state index in [0.29, 0.717) is 5.33 Å². The van der Waals surface area contributed by atoms with Crippen LogP contribution in [-0.4, -0.2) is 37.1 Å². The summed E-state index contributed by atoms with van der Waals surface area (Å²) in [7, 11) is 2.97. The molecule has 0 fully saturated rings. The van der Waals surface area contributed by atoms with Gasteiger partial charge in [0.05, 0.1) is 0 Å². The molecule has 0 heterocycles. The number of methoxy groups -OCH3 is 2. The molecular formula is C5H11BrO3. The van der Waals surface area contributed by atoms with Gasteiger partial charge in [-0.25, -0.2) is 0 Å². The maximum absolute atomic E-state index is 9.02. The zero-order chi connectivity index (χ0) is 7.28. The van der Waals surface area contributed by atoms with E-state index >= 15 is 0 Å². The van der Waals surface area contributed by atoms with Gasteiger partial charge in [0.25, 0.3) is 0 Å². The van der Waals surface area contributed by atoms with Crippen molar-refractivity contribution in [3.8, 4) is 0 Å². The zero-order valence-electron chi connectivity index (χ0n) is 5.50. The lowest BCUT2D eigenvalue weighted by Crippen LogP contribution is -2.30. The first-order valence-electron chi connectivity index (χ1n) is 2.55. The topological polar surface area (TPSA) is 38.7 Å². The van der Waals surface area contributed by atoms with E-state index < -0.39 is 12.4 Å². The standard InChI is InChI=1S/C5H11BrO3/c1-8-5(9-2)4(7)3-6/h4-5,7H,3H2,1-2H3. The Labute approximate surface area is 63.1 Å². The first-order chi connectivity index (χ1) is 4.26. The van der Waals surface area contributed by atoms with Gasteiger partial charge >= 0.3 is 0 Å². The van der Waals surface area contributed by atoms with Gasteiger partial charge in [0.2, 0.25) is 0 Å². The van der Waals surface area contributed by atoms with Crippen LogP contribution in [0.5, 0.6) is 0 Å². The third kappa shape index (κ3) is 3.15. The van der Waals surface area contributed by atoms with Crippen molar-refractivity contribution in [2.24, 2.45) is 0 Å². The molecule has 0 radical (unpaired) electrons. The summed E-state index contributed by atoms with van der Waals surface area (Å²) in [5.41, 5.74) is 0. The Bertz CT molecular complexity index is 65.2. The van der Waals surface area contributed by atoms with Gasteiger partial charge in [0, 0.05) is 19.5 Å². The minimum atomic E-state index is -0.597. The SMILES string of the molecule is COC(OC)C(O)CBr. The largest absolute Gasteiger partial charge is 0.387 e. The van der Waals surface area contributed by atoms with E-state index in [1.54, 1.807) is 0 Å². The molecule has 0 aromatic heterocycles. The fourth-order valence-corrected chi connectivity index (χ4v) is 0.788. The molecule has 1 N–H and O–H groups in total. The molecule has 0 aliphatic carbocycles. The average Bonchev–Trinajstić information content (AvgIpc) is 1.90. The van der Waals surface area contributed by atoms with E-state index in [1.807, 2.05) is 0 Å². The van der Waals surface area contributed by atoms with Gasteiger partial charge in [-0.15, -0.1) is 0 Å². The third-order valence-corrected chi connectivity index (χ3v) is 1.60. The minimum absolute atomic E-state index is 0.458. The van der Waals surface area contributed by atoms with Crippen LogP contribution in [-0.2, 0) is 9.47 Å². The van der Waals surface area contributed by atoms with Crippen LogP contribution >= 0.6 is 15.9 Å². The van der Waals surface area contributed by atoms with Crippen molar-refractivity contribution in [1.29, 1.82) is 0 Å². The second-order valence-corrected chi connectivity index (χ2v) is 2.21. The number of rotatable bonds is 4. The fourth-order valence-electron chi connectivity index (χ4n) is 0.483. The number of hydrogen-bond donors (Lipinski definition) is 1. The molecule has 9 heavy (non-hydrogen) atoms. The summed E-state index contributed by atoms with van der Waals surface area (Å²) in [4.78, 5) is 0. The van der Waals surface area contributed by atoms with Gasteiger partial charge < -0.3 is 14.6 Å². The van der Waals surface area contributed by atoms with Crippen molar-refractivity contribution in [2.75, 3.05) is 19.5 Å². The maximum atomic E-state index is 9.02. The Morgan fingerprint density at radius 1 is 1.44 bits per heavy atom. The molecule has 0 saturated heterocycles. The van der Waals surface area contributed by atoms with Gasteiger partial charge in [-0.2, -0.15) is 0 Å². The van der Waals surface area contributed by atoms with Crippen LogP contribution in [0.3, 0.4) is 0 Å². The molecule has 1 atom stereocenters. The molecule has 1 unspecified atom stereocenters. The second kappa shape index (κ2) is 5.17. The number of hydrogen-bond acceptors (Lipinski definition) is 3. The molecule has 0 aliphatic heterocycles. The lowest BCUT2D eigenvalue weighted by atomic mass is 10.4. The van der Waals surface area contributed by atoms with E-state index in [0.717, 1.165) is 0 Å². The maximum Gasteiger partial charge on any atom is 0.183 e. The first-order valence-corrected chi connectivity index (χ1v) is 3.68. The highest BCUT2D eigenvalue weighted by atomic mass is 79.9. The smallest absolute Gasteiger partial charge is 0.183 e. The van der Waals surface area contributed by atoms with E-state index in [4.69, 9.17) is 14.6 Å². The van der Waals surface area contributed by atoms with Crippen LogP contribution in [0.25, 0.3) is 0 Å². The molecule has 4 heteroatoms. The molecule has 0 rings (SSSR count). The minimum Gasteiger partial charge on any atom is -0.387 e. The van der Waals surface area contributed by atoms with Gasteiger partial charge in [-0.05, 0) is 0 Å². The van der Waals surface area contributed by atoms with Crippen LogP contribution in [0.4, 0.5) is 0 Å². The molecule has 0 saturated carbocycles. The molecule has 0 amide bonds. The quantitative estimate of drug-likeness (QED) is 0.524. The summed E-state index contributed by atoms with van der Waals surface area (Å²) in [5.74, 6) is 0. The molecule has 0 bridgehead atoms. The van der Waals surface area contributed by atoms with Gasteiger partial charge in [-0.3, -0.25) is 0 Å². The summed E-state index contributed by atoms with van der Waals surface area (Å²) in [6, 6.07) is 0. The van der Waals surface area contributed by atoms with Gasteiger partial charge in [0.15, 0.2) is 6.29 Å². The summed E-state index contributed by atoms with van der Waals surface area (Å²) >= 11 is 3.09. The molecule has 0 aliphatic rings. The van der Waals surface area contributed by atoms with E-state index in [-0.39, 0.29) is 0 Å². The Balaban J connectivity index is 3.50. The van der Waals surface area contributed by atoms with Crippen LogP contribution in [0.2, 0.25) is 0 Å². The van der Waals surface area contributed by atoms with E-state index in [2.05, 4.69) is 15.9 Å². The Hall–Kier alpha value is 0.360. The van der Waals surface area contributed by atoms with Gasteiger partial charge in [0.1, 0.15) is 6.10 Å². The number of halogens is 1. The molecule has 56 valence electrons. The van der Waals surface area contributed by atoms with E-state index in [1.165, 1.54) is 14.2 Å². The summed E-state index contributed by atoms with van der Waals surface area (Å²) in [6.45, 7) is 0. The van der Waals surface area contributed by atoms with Crippen molar-refractivity contribution in [3.05, 3.63) is 0 Å². The molecular weight excluding hydrogens is 188 g/mol. The predicted molar refractivity (Wildman–Crippen MR) is 37.6 cm³/mol. The number of aliphatic hydroxyl groups is 1. The summed E-state index contributed by atoms with van der Waals surface area (Å²) in [5, 5.41) is 9.48. The Kier molecular flexibility index (Phi) is 5.38. The Morgan fingerprint density at radius 2 is 1.89 bits per heavy atom. The normalized spacial score (nSPS) is 14.3. The van der Waals surface area contributed by atoms with Crippen molar-refractivity contribution in [1.82, 2.24) is 0 Å².